The van der Waals surface area contributed by atoms with E-state index in [4.69, 9.17) is 4.74 Å². The van der Waals surface area contributed by atoms with Crippen LogP contribution in [0.4, 0.5) is 11.6 Å². The fourth-order valence-electron chi connectivity index (χ4n) is 2.95. The van der Waals surface area contributed by atoms with Crippen LogP contribution < -0.4 is 14.8 Å². The number of aliphatic hydroxyl groups is 1. The van der Waals surface area contributed by atoms with Gasteiger partial charge in [0.2, 0.25) is 21.9 Å². The van der Waals surface area contributed by atoms with Gasteiger partial charge in [-0.25, -0.2) is 18.1 Å². The van der Waals surface area contributed by atoms with Crippen molar-refractivity contribution in [2.75, 3.05) is 12.4 Å². The molecule has 0 amide bonds. The lowest BCUT2D eigenvalue weighted by atomic mass is 10.2. The molecule has 9 heteroatoms. The van der Waals surface area contributed by atoms with Gasteiger partial charge < -0.3 is 15.2 Å². The molecular formula is C18H24N4O4S. The number of hydrogen-bond donors (Lipinski definition) is 3. The van der Waals surface area contributed by atoms with Crippen molar-refractivity contribution >= 4 is 21.7 Å². The second kappa shape index (κ2) is 8.20. The summed E-state index contributed by atoms with van der Waals surface area (Å²) in [6, 6.07) is 6.28. The van der Waals surface area contributed by atoms with Gasteiger partial charge in [0.15, 0.2) is 0 Å². The third-order valence-electron chi connectivity index (χ3n) is 4.58. The number of ether oxygens (including phenoxy) is 1. The molecule has 2 atom stereocenters. The molecule has 8 nitrogen and oxygen atoms in total. The summed E-state index contributed by atoms with van der Waals surface area (Å²) in [6.07, 6.45) is 4.18. The molecule has 3 N–H and O–H groups in total. The molecule has 1 fully saturated rings. The molecule has 1 aromatic heterocycles. The number of nitrogens with zero attached hydrogens (tertiary/aromatic N) is 2. The molecule has 0 spiro atoms. The SMILES string of the molecule is CCc1cnc(Nc2ccc(S(=O)(=O)NC)cc2)nc1OC1CCCC1O. The van der Waals surface area contributed by atoms with Gasteiger partial charge in [-0.2, -0.15) is 4.98 Å². The van der Waals surface area contributed by atoms with Crippen molar-refractivity contribution in [2.24, 2.45) is 0 Å². The first-order valence-corrected chi connectivity index (χ1v) is 10.4. The normalized spacial score (nSPS) is 19.8. The Kier molecular flexibility index (Phi) is 5.93. The van der Waals surface area contributed by atoms with Crippen molar-refractivity contribution in [1.29, 1.82) is 0 Å². The zero-order chi connectivity index (χ0) is 19.4. The third kappa shape index (κ3) is 4.55. The van der Waals surface area contributed by atoms with E-state index in [-0.39, 0.29) is 11.0 Å². The highest BCUT2D eigenvalue weighted by atomic mass is 32.2. The van der Waals surface area contributed by atoms with Gasteiger partial charge in [0, 0.05) is 17.4 Å². The van der Waals surface area contributed by atoms with Crippen LogP contribution in [0.3, 0.4) is 0 Å². The average Bonchev–Trinajstić information content (AvgIpc) is 3.07. The smallest absolute Gasteiger partial charge is 0.240 e. The largest absolute Gasteiger partial charge is 0.471 e. The van der Waals surface area contributed by atoms with Gasteiger partial charge in [-0.05, 0) is 57.0 Å². The van der Waals surface area contributed by atoms with Crippen LogP contribution in [0, 0.1) is 0 Å². The number of benzene rings is 1. The van der Waals surface area contributed by atoms with E-state index in [1.54, 1.807) is 18.3 Å². The van der Waals surface area contributed by atoms with Crippen molar-refractivity contribution < 1.29 is 18.3 Å². The third-order valence-corrected chi connectivity index (χ3v) is 6.01. The van der Waals surface area contributed by atoms with Crippen LogP contribution >= 0.6 is 0 Å². The van der Waals surface area contributed by atoms with E-state index in [1.165, 1.54) is 19.2 Å². The number of aromatic nitrogens is 2. The lowest BCUT2D eigenvalue weighted by Gasteiger charge is -2.18. The Hall–Kier alpha value is -2.23. The predicted octanol–water partition coefficient (Wildman–Crippen LogP) is 1.98. The fraction of sp³-hybridized carbons (Fsp3) is 0.444. The Morgan fingerprint density at radius 1 is 1.26 bits per heavy atom. The molecule has 146 valence electrons. The maximum absolute atomic E-state index is 11.8. The predicted molar refractivity (Wildman–Crippen MR) is 102 cm³/mol. The Labute approximate surface area is 159 Å². The fourth-order valence-corrected chi connectivity index (χ4v) is 3.68. The first-order chi connectivity index (χ1) is 12.9. The molecule has 3 rings (SSSR count). The van der Waals surface area contributed by atoms with Crippen LogP contribution in [0.25, 0.3) is 0 Å². The highest BCUT2D eigenvalue weighted by Gasteiger charge is 2.28. The quantitative estimate of drug-likeness (QED) is 0.660. The van der Waals surface area contributed by atoms with Gasteiger partial charge in [-0.3, -0.25) is 0 Å². The zero-order valence-electron chi connectivity index (χ0n) is 15.3. The number of rotatable bonds is 7. The van der Waals surface area contributed by atoms with Crippen LogP contribution in [0.5, 0.6) is 5.88 Å². The van der Waals surface area contributed by atoms with Crippen molar-refractivity contribution in [3.63, 3.8) is 0 Å². The van der Waals surface area contributed by atoms with Crippen molar-refractivity contribution in [1.82, 2.24) is 14.7 Å². The summed E-state index contributed by atoms with van der Waals surface area (Å²) < 4.78 is 31.8. The van der Waals surface area contributed by atoms with E-state index in [2.05, 4.69) is 20.0 Å². The molecule has 1 aliphatic rings. The van der Waals surface area contributed by atoms with Gasteiger partial charge in [-0.15, -0.1) is 0 Å². The standard InChI is InChI=1S/C18H24N4O4S/c1-3-12-11-20-18(22-17(12)26-16-6-4-5-15(16)23)21-13-7-9-14(10-8-13)27(24,25)19-2/h7-11,15-16,19,23H,3-6H2,1-2H3,(H,20,21,22). The monoisotopic (exact) mass is 392 g/mol. The van der Waals surface area contributed by atoms with Crippen LogP contribution in [0.2, 0.25) is 0 Å². The van der Waals surface area contributed by atoms with Gasteiger partial charge in [0.25, 0.3) is 0 Å². The van der Waals surface area contributed by atoms with Gasteiger partial charge in [0.1, 0.15) is 6.10 Å². The van der Waals surface area contributed by atoms with Crippen LogP contribution in [-0.4, -0.2) is 42.7 Å². The lowest BCUT2D eigenvalue weighted by Crippen LogP contribution is -2.26. The summed E-state index contributed by atoms with van der Waals surface area (Å²) in [5, 5.41) is 13.0. The van der Waals surface area contributed by atoms with Crippen molar-refractivity contribution in [2.45, 2.75) is 49.7 Å². The zero-order valence-corrected chi connectivity index (χ0v) is 16.2. The molecule has 27 heavy (non-hydrogen) atoms. The molecular weight excluding hydrogens is 368 g/mol. The summed E-state index contributed by atoms with van der Waals surface area (Å²) in [7, 11) is -2.11. The van der Waals surface area contributed by atoms with E-state index >= 15 is 0 Å². The molecule has 1 heterocycles. The topological polar surface area (TPSA) is 113 Å². The van der Waals surface area contributed by atoms with Crippen molar-refractivity contribution in [3.8, 4) is 5.88 Å². The van der Waals surface area contributed by atoms with E-state index in [9.17, 15) is 13.5 Å². The second-order valence-electron chi connectivity index (χ2n) is 6.39. The summed E-state index contributed by atoms with van der Waals surface area (Å²) >= 11 is 0. The van der Waals surface area contributed by atoms with E-state index in [0.717, 1.165) is 31.2 Å². The minimum atomic E-state index is -3.47. The lowest BCUT2D eigenvalue weighted by molar-refractivity contribution is 0.0568. The minimum absolute atomic E-state index is 0.178. The highest BCUT2D eigenvalue weighted by molar-refractivity contribution is 7.89. The summed E-state index contributed by atoms with van der Waals surface area (Å²) in [4.78, 5) is 8.91. The first-order valence-electron chi connectivity index (χ1n) is 8.94. The minimum Gasteiger partial charge on any atom is -0.471 e. The number of aryl methyl sites for hydroxylation is 1. The van der Waals surface area contributed by atoms with Gasteiger partial charge >= 0.3 is 0 Å². The van der Waals surface area contributed by atoms with Gasteiger partial charge in [-0.1, -0.05) is 6.92 Å². The summed E-state index contributed by atoms with van der Waals surface area (Å²) in [5.74, 6) is 0.814. The second-order valence-corrected chi connectivity index (χ2v) is 8.28. The van der Waals surface area contributed by atoms with Crippen LogP contribution in [0.15, 0.2) is 35.4 Å². The molecule has 2 unspecified atom stereocenters. The molecule has 1 saturated carbocycles. The highest BCUT2D eigenvalue weighted by Crippen LogP contribution is 2.27. The molecule has 1 aromatic carbocycles. The van der Waals surface area contributed by atoms with Crippen molar-refractivity contribution in [3.05, 3.63) is 36.0 Å². The number of sulfonamides is 1. The van der Waals surface area contributed by atoms with E-state index in [0.29, 0.717) is 17.5 Å². The number of hydrogen-bond acceptors (Lipinski definition) is 7. The Morgan fingerprint density at radius 3 is 2.59 bits per heavy atom. The molecule has 1 aliphatic carbocycles. The summed E-state index contributed by atoms with van der Waals surface area (Å²) in [6.45, 7) is 1.99. The Balaban J connectivity index is 1.78. The molecule has 0 bridgehead atoms. The molecule has 0 radical (unpaired) electrons. The Bertz CT molecular complexity index is 887. The first kappa shape index (κ1) is 19.5. The Morgan fingerprint density at radius 2 is 2.00 bits per heavy atom. The van der Waals surface area contributed by atoms with E-state index < -0.39 is 16.1 Å². The van der Waals surface area contributed by atoms with E-state index in [1.807, 2.05) is 6.92 Å². The number of aliphatic hydroxyl groups excluding tert-OH is 1. The average molecular weight is 392 g/mol. The van der Waals surface area contributed by atoms with Crippen LogP contribution in [0.1, 0.15) is 31.7 Å². The number of anilines is 2. The van der Waals surface area contributed by atoms with Gasteiger partial charge in [0.05, 0.1) is 11.0 Å². The number of nitrogens with one attached hydrogen (secondary N) is 2. The maximum Gasteiger partial charge on any atom is 0.240 e. The maximum atomic E-state index is 11.8. The summed E-state index contributed by atoms with van der Waals surface area (Å²) in [5.41, 5.74) is 1.52. The molecule has 2 aromatic rings. The molecule has 0 aliphatic heterocycles. The molecule has 0 saturated heterocycles. The van der Waals surface area contributed by atoms with Crippen LogP contribution in [-0.2, 0) is 16.4 Å².